The van der Waals surface area contributed by atoms with Crippen molar-refractivity contribution in [1.82, 2.24) is 14.5 Å². The Balaban J connectivity index is 1.50. The Kier molecular flexibility index (Phi) is 6.21. The van der Waals surface area contributed by atoms with E-state index in [1.165, 1.54) is 19.4 Å². The van der Waals surface area contributed by atoms with Gasteiger partial charge in [0.15, 0.2) is 5.76 Å². The minimum absolute atomic E-state index is 0.0476. The van der Waals surface area contributed by atoms with Crippen LogP contribution in [0.1, 0.15) is 29.0 Å². The molecule has 152 valence electrons. The van der Waals surface area contributed by atoms with Crippen molar-refractivity contribution in [3.8, 4) is 0 Å². The van der Waals surface area contributed by atoms with Crippen molar-refractivity contribution in [3.05, 3.63) is 41.2 Å². The van der Waals surface area contributed by atoms with Gasteiger partial charge in [-0.1, -0.05) is 6.07 Å². The Morgan fingerprint density at radius 2 is 2.04 bits per heavy atom. The molecular weight excluding hydrogens is 402 g/mol. The first-order valence-electron chi connectivity index (χ1n) is 8.91. The van der Waals surface area contributed by atoms with Crippen LogP contribution in [0.4, 0.5) is 0 Å². The highest BCUT2D eigenvalue weighted by molar-refractivity contribution is 7.91. The van der Waals surface area contributed by atoms with Gasteiger partial charge in [-0.05, 0) is 37.3 Å². The molecule has 1 saturated heterocycles. The molecule has 2 aromatic rings. The first-order valence-corrected chi connectivity index (χ1v) is 11.2. The highest BCUT2D eigenvalue weighted by Crippen LogP contribution is 2.20. The summed E-state index contributed by atoms with van der Waals surface area (Å²) in [6.45, 7) is 2.53. The molecule has 0 aliphatic carbocycles. The molecule has 8 nitrogen and oxygen atoms in total. The van der Waals surface area contributed by atoms with Gasteiger partial charge in [0.05, 0.1) is 12.8 Å². The summed E-state index contributed by atoms with van der Waals surface area (Å²) in [5.74, 6) is -0.192. The van der Waals surface area contributed by atoms with Crippen LogP contribution in [0.3, 0.4) is 0 Å². The molecule has 0 bridgehead atoms. The summed E-state index contributed by atoms with van der Waals surface area (Å²) in [6, 6.07) is 4.87. The maximum atomic E-state index is 12.5. The van der Waals surface area contributed by atoms with Gasteiger partial charge in [-0.2, -0.15) is 4.31 Å². The Morgan fingerprint density at radius 1 is 1.32 bits per heavy atom. The molecule has 0 atom stereocenters. The normalized spacial score (nSPS) is 15.8. The van der Waals surface area contributed by atoms with Gasteiger partial charge in [-0.15, -0.1) is 11.3 Å². The number of sulfonamides is 1. The number of carbonyl (C=O) groups excluding carboxylic acids is 2. The number of carbonyl (C=O) groups is 2. The number of thiophene rings is 1. The molecule has 0 unspecified atom stereocenters. The number of amides is 2. The summed E-state index contributed by atoms with van der Waals surface area (Å²) in [7, 11) is -2.24. The van der Waals surface area contributed by atoms with Crippen molar-refractivity contribution < 1.29 is 22.4 Å². The second-order valence-electron chi connectivity index (χ2n) is 6.75. The van der Waals surface area contributed by atoms with Crippen LogP contribution in [0.5, 0.6) is 0 Å². The molecule has 1 aliphatic heterocycles. The van der Waals surface area contributed by atoms with Gasteiger partial charge in [0.25, 0.3) is 15.9 Å². The zero-order valence-corrected chi connectivity index (χ0v) is 17.4. The van der Waals surface area contributed by atoms with Crippen molar-refractivity contribution in [3.63, 3.8) is 0 Å². The number of nitrogens with one attached hydrogen (secondary N) is 1. The van der Waals surface area contributed by atoms with Crippen molar-refractivity contribution in [2.24, 2.45) is 0 Å². The number of furan rings is 1. The van der Waals surface area contributed by atoms with Crippen LogP contribution in [0.25, 0.3) is 0 Å². The molecule has 0 saturated carbocycles. The van der Waals surface area contributed by atoms with E-state index in [1.807, 2.05) is 0 Å². The molecule has 0 spiro atoms. The number of rotatable bonds is 6. The van der Waals surface area contributed by atoms with Crippen LogP contribution in [-0.4, -0.2) is 62.2 Å². The Hall–Kier alpha value is -2.17. The summed E-state index contributed by atoms with van der Waals surface area (Å²) in [5.41, 5.74) is 0.778. The van der Waals surface area contributed by atoms with E-state index in [1.54, 1.807) is 29.3 Å². The Bertz CT molecular complexity index is 928. The van der Waals surface area contributed by atoms with Crippen LogP contribution < -0.4 is 5.32 Å². The predicted molar refractivity (Wildman–Crippen MR) is 105 cm³/mol. The van der Waals surface area contributed by atoms with E-state index in [4.69, 9.17) is 4.42 Å². The second kappa shape index (κ2) is 8.46. The lowest BCUT2D eigenvalue weighted by molar-refractivity contribution is -0.132. The SMILES string of the molecule is Cc1ccoc1C(=O)NC1CCN(C(=O)CN(C)S(=O)(=O)c2cccs2)CC1. The minimum atomic E-state index is -3.65. The first kappa shape index (κ1) is 20.6. The Labute approximate surface area is 168 Å². The summed E-state index contributed by atoms with van der Waals surface area (Å²) >= 11 is 1.12. The van der Waals surface area contributed by atoms with Crippen LogP contribution in [0.15, 0.2) is 38.5 Å². The maximum absolute atomic E-state index is 12.5. The van der Waals surface area contributed by atoms with Gasteiger partial charge in [0.2, 0.25) is 5.91 Å². The second-order valence-corrected chi connectivity index (χ2v) is 9.97. The van der Waals surface area contributed by atoms with Gasteiger partial charge in [-0.3, -0.25) is 9.59 Å². The van der Waals surface area contributed by atoms with E-state index in [0.29, 0.717) is 31.7 Å². The van der Waals surface area contributed by atoms with Gasteiger partial charge in [0.1, 0.15) is 4.21 Å². The molecule has 1 N–H and O–H groups in total. The lowest BCUT2D eigenvalue weighted by Crippen LogP contribution is -2.49. The van der Waals surface area contributed by atoms with Crippen molar-refractivity contribution >= 4 is 33.2 Å². The molecule has 3 heterocycles. The number of likely N-dealkylation sites (tertiary alicyclic amines) is 1. The zero-order chi connectivity index (χ0) is 20.3. The first-order chi connectivity index (χ1) is 13.3. The smallest absolute Gasteiger partial charge is 0.287 e. The lowest BCUT2D eigenvalue weighted by Gasteiger charge is -2.33. The molecule has 28 heavy (non-hydrogen) atoms. The van der Waals surface area contributed by atoms with Crippen molar-refractivity contribution in [2.75, 3.05) is 26.7 Å². The number of aryl methyl sites for hydroxylation is 1. The van der Waals surface area contributed by atoms with E-state index < -0.39 is 10.0 Å². The highest BCUT2D eigenvalue weighted by atomic mass is 32.2. The van der Waals surface area contributed by atoms with Crippen molar-refractivity contribution in [2.45, 2.75) is 30.0 Å². The van der Waals surface area contributed by atoms with E-state index >= 15 is 0 Å². The fraction of sp³-hybridized carbons (Fsp3) is 0.444. The zero-order valence-electron chi connectivity index (χ0n) is 15.8. The average molecular weight is 426 g/mol. The average Bonchev–Trinajstić information content (AvgIpc) is 3.34. The fourth-order valence-corrected chi connectivity index (χ4v) is 5.39. The van der Waals surface area contributed by atoms with E-state index in [-0.39, 0.29) is 28.6 Å². The van der Waals surface area contributed by atoms with E-state index in [2.05, 4.69) is 5.32 Å². The largest absolute Gasteiger partial charge is 0.459 e. The van der Waals surface area contributed by atoms with Crippen LogP contribution in [0, 0.1) is 6.92 Å². The molecule has 1 aliphatic rings. The molecule has 2 amide bonds. The van der Waals surface area contributed by atoms with Gasteiger partial charge in [0, 0.05) is 31.7 Å². The fourth-order valence-electron chi connectivity index (χ4n) is 3.07. The molecule has 10 heteroatoms. The molecule has 2 aromatic heterocycles. The Morgan fingerprint density at radius 3 is 2.61 bits per heavy atom. The third kappa shape index (κ3) is 4.45. The quantitative estimate of drug-likeness (QED) is 0.759. The number of hydrogen-bond acceptors (Lipinski definition) is 6. The summed E-state index contributed by atoms with van der Waals surface area (Å²) in [6.07, 6.45) is 2.70. The predicted octanol–water partition coefficient (Wildman–Crippen LogP) is 1.69. The molecular formula is C18H23N3O5S2. The topological polar surface area (TPSA) is 99.9 Å². The minimum Gasteiger partial charge on any atom is -0.459 e. The maximum Gasteiger partial charge on any atom is 0.287 e. The summed E-state index contributed by atoms with van der Waals surface area (Å²) in [4.78, 5) is 26.4. The van der Waals surface area contributed by atoms with Crippen LogP contribution >= 0.6 is 11.3 Å². The van der Waals surface area contributed by atoms with Gasteiger partial charge < -0.3 is 14.6 Å². The third-order valence-corrected chi connectivity index (χ3v) is 7.95. The molecule has 0 aromatic carbocycles. The highest BCUT2D eigenvalue weighted by Gasteiger charge is 2.29. The van der Waals surface area contributed by atoms with Crippen molar-refractivity contribution in [1.29, 1.82) is 0 Å². The third-order valence-electron chi connectivity index (χ3n) is 4.77. The number of piperidine rings is 1. The molecule has 0 radical (unpaired) electrons. The van der Waals surface area contributed by atoms with E-state index in [0.717, 1.165) is 21.2 Å². The van der Waals surface area contributed by atoms with Crippen LogP contribution in [-0.2, 0) is 14.8 Å². The summed E-state index contributed by atoms with van der Waals surface area (Å²) < 4.78 is 31.4. The van der Waals surface area contributed by atoms with Crippen LogP contribution in [0.2, 0.25) is 0 Å². The summed E-state index contributed by atoms with van der Waals surface area (Å²) in [5, 5.41) is 4.62. The molecule has 1 fully saturated rings. The van der Waals surface area contributed by atoms with Gasteiger partial charge in [-0.25, -0.2) is 8.42 Å². The lowest BCUT2D eigenvalue weighted by atomic mass is 10.0. The van der Waals surface area contributed by atoms with Gasteiger partial charge >= 0.3 is 0 Å². The number of nitrogens with zero attached hydrogens (tertiary/aromatic N) is 2. The standard InChI is InChI=1S/C18H23N3O5S2/c1-13-7-10-26-17(13)18(23)19-14-5-8-21(9-6-14)15(22)12-20(2)28(24,25)16-4-3-11-27-16/h3-4,7,10-11,14H,5-6,8-9,12H2,1-2H3,(H,19,23). The monoisotopic (exact) mass is 425 g/mol. The number of likely N-dealkylation sites (N-methyl/N-ethyl adjacent to an activating group) is 1. The molecule has 3 rings (SSSR count). The number of hydrogen-bond donors (Lipinski definition) is 1. The van der Waals surface area contributed by atoms with E-state index in [9.17, 15) is 18.0 Å².